The molecule has 0 fully saturated rings. The van der Waals surface area contributed by atoms with Crippen LogP contribution >= 0.6 is 0 Å². The first-order chi connectivity index (χ1) is 19.1. The number of rotatable bonds is 13. The van der Waals surface area contributed by atoms with Crippen molar-refractivity contribution in [3.8, 4) is 0 Å². The van der Waals surface area contributed by atoms with Gasteiger partial charge in [-0.15, -0.1) is 0 Å². The van der Waals surface area contributed by atoms with Crippen LogP contribution in [0.25, 0.3) is 0 Å². The zero-order valence-corrected chi connectivity index (χ0v) is 35.9. The standard InChI is InChI=1S/2C10H12O2.C9H19.C7H15.2CH3.2Y/c1-8-3-5-10(6-4-8)7-12-9(2)11;1-8-5-3-4-6-10(8)7-12-9(2)11;1-3-5-7-9-8-6-4-2;1-4-6-7(3)5-2;;;;/h2*3-6H,7H2,1-2H3;9H,3-8H2,1-2H3;4-6H2,1-3H3;2*1H3;;/q;;4*-1;;. The van der Waals surface area contributed by atoms with E-state index in [0.29, 0.717) is 13.2 Å². The maximum absolute atomic E-state index is 10.5. The number of hydrogen-bond donors (Lipinski definition) is 0. The first-order valence-corrected chi connectivity index (χ1v) is 15.1. The Morgan fingerprint density at radius 3 is 1.59 bits per heavy atom. The number of ether oxygens (including phenoxy) is 2. The van der Waals surface area contributed by atoms with Crippen LogP contribution in [0.3, 0.4) is 0 Å². The summed E-state index contributed by atoms with van der Waals surface area (Å²) in [5, 5.41) is 0. The van der Waals surface area contributed by atoms with Gasteiger partial charge in [-0.2, -0.15) is 32.6 Å². The maximum Gasteiger partial charge on any atom is 0.302 e. The topological polar surface area (TPSA) is 52.6 Å². The summed E-state index contributed by atoms with van der Waals surface area (Å²) >= 11 is 0. The molecular weight excluding hydrogens is 698 g/mol. The third kappa shape index (κ3) is 39.6. The number of aryl methyl sites for hydroxylation is 2. The largest absolute Gasteiger partial charge is 0.461 e. The Morgan fingerprint density at radius 2 is 1.20 bits per heavy atom. The monoisotopic (exact) mass is 762 g/mol. The molecule has 6 heteroatoms. The molecule has 0 atom stereocenters. The molecule has 0 aliphatic heterocycles. The summed E-state index contributed by atoms with van der Waals surface area (Å²) < 4.78 is 9.70. The minimum Gasteiger partial charge on any atom is -0.461 e. The maximum atomic E-state index is 10.5. The van der Waals surface area contributed by atoms with E-state index in [1.807, 2.05) is 62.4 Å². The van der Waals surface area contributed by atoms with Crippen molar-refractivity contribution in [1.82, 2.24) is 0 Å². The van der Waals surface area contributed by atoms with Gasteiger partial charge < -0.3 is 36.7 Å². The van der Waals surface area contributed by atoms with Crippen molar-refractivity contribution in [2.75, 3.05) is 0 Å². The Labute approximate surface area is 324 Å². The van der Waals surface area contributed by atoms with E-state index in [0.717, 1.165) is 16.7 Å². The van der Waals surface area contributed by atoms with Crippen LogP contribution in [0.2, 0.25) is 0 Å². The Kier molecular flexibility index (Phi) is 51.6. The molecule has 0 saturated carbocycles. The average molecular weight is 763 g/mol. The Bertz CT molecular complexity index is 863. The van der Waals surface area contributed by atoms with Gasteiger partial charge in [-0.1, -0.05) is 114 Å². The molecule has 0 saturated heterocycles. The summed E-state index contributed by atoms with van der Waals surface area (Å²) in [5.74, 6) is 1.15. The molecule has 0 heterocycles. The van der Waals surface area contributed by atoms with Gasteiger partial charge in [-0.05, 0) is 30.5 Å². The van der Waals surface area contributed by atoms with Gasteiger partial charge in [0.2, 0.25) is 0 Å². The molecule has 2 rings (SSSR count). The fraction of sp³-hybridized carbons (Fsp3) is 0.526. The molecule has 0 bridgehead atoms. The SMILES string of the molecule is CC(=O)OCc1ccc(C)cc1.CC(=O)OCc1ccccc1C.CCCC[CH-]CCCC.CCC[C-](C)CC.[CH3-].[CH3-].[Y].[Y]. The van der Waals surface area contributed by atoms with Crippen LogP contribution in [0, 0.1) is 41.0 Å². The summed E-state index contributed by atoms with van der Waals surface area (Å²) in [6.07, 6.45) is 14.4. The molecule has 4 nitrogen and oxygen atoms in total. The Hall–Kier alpha value is -0.412. The smallest absolute Gasteiger partial charge is 0.302 e. The van der Waals surface area contributed by atoms with Crippen LogP contribution in [0.1, 0.15) is 129 Å². The van der Waals surface area contributed by atoms with Gasteiger partial charge in [0, 0.05) is 79.3 Å². The third-order valence-corrected chi connectivity index (χ3v) is 6.06. The predicted octanol–water partition coefficient (Wildman–Crippen LogP) is 11.4. The second-order valence-electron chi connectivity index (χ2n) is 10.1. The molecule has 0 aromatic heterocycles. The summed E-state index contributed by atoms with van der Waals surface area (Å²) in [4.78, 5) is 21.0. The molecule has 2 aromatic carbocycles. The first kappa shape index (κ1) is 56.0. The third-order valence-electron chi connectivity index (χ3n) is 6.06. The van der Waals surface area contributed by atoms with E-state index in [9.17, 15) is 9.59 Å². The number of esters is 2. The van der Waals surface area contributed by atoms with Gasteiger partial charge >= 0.3 is 11.9 Å². The summed E-state index contributed by atoms with van der Waals surface area (Å²) in [6.45, 7) is 18.7. The van der Waals surface area contributed by atoms with Crippen molar-refractivity contribution in [3.63, 3.8) is 0 Å². The predicted molar refractivity (Wildman–Crippen MR) is 184 cm³/mol. The Morgan fingerprint density at radius 1 is 0.727 bits per heavy atom. The molecule has 0 aliphatic rings. The molecule has 2 aromatic rings. The van der Waals surface area contributed by atoms with Crippen molar-refractivity contribution in [2.45, 2.75) is 133 Å². The summed E-state index contributed by atoms with van der Waals surface area (Å²) in [7, 11) is 0. The number of carbonyl (C=O) groups is 2. The van der Waals surface area contributed by atoms with Crippen LogP contribution in [0.4, 0.5) is 0 Å². The van der Waals surface area contributed by atoms with E-state index in [-0.39, 0.29) is 92.2 Å². The Balaban J connectivity index is -0.000000108. The number of unbranched alkanes of at least 4 members (excludes halogenated alkanes) is 6. The van der Waals surface area contributed by atoms with Crippen LogP contribution in [-0.2, 0) is 97.7 Å². The second-order valence-corrected chi connectivity index (χ2v) is 10.1. The molecule has 0 aliphatic carbocycles. The van der Waals surface area contributed by atoms with E-state index >= 15 is 0 Å². The summed E-state index contributed by atoms with van der Waals surface area (Å²) in [5.41, 5.74) is 4.45. The normalized spacial score (nSPS) is 8.86. The van der Waals surface area contributed by atoms with Gasteiger partial charge in [0.1, 0.15) is 13.2 Å². The van der Waals surface area contributed by atoms with Crippen LogP contribution in [-0.4, -0.2) is 11.9 Å². The van der Waals surface area contributed by atoms with Gasteiger partial charge in [0.05, 0.1) is 0 Å². The van der Waals surface area contributed by atoms with Crippen molar-refractivity contribution in [3.05, 3.63) is 98.0 Å². The van der Waals surface area contributed by atoms with Crippen molar-refractivity contribution < 1.29 is 84.5 Å². The van der Waals surface area contributed by atoms with Gasteiger partial charge in [0.15, 0.2) is 0 Å². The molecule has 250 valence electrons. The fourth-order valence-corrected chi connectivity index (χ4v) is 3.27. The van der Waals surface area contributed by atoms with Crippen LogP contribution < -0.4 is 0 Å². The van der Waals surface area contributed by atoms with E-state index in [4.69, 9.17) is 9.47 Å². The van der Waals surface area contributed by atoms with Gasteiger partial charge in [-0.3, -0.25) is 9.59 Å². The number of benzene rings is 2. The average Bonchev–Trinajstić information content (AvgIpc) is 2.93. The van der Waals surface area contributed by atoms with Gasteiger partial charge in [-0.25, -0.2) is 0 Å². The molecular formula is C38H64O4Y2-4. The van der Waals surface area contributed by atoms with Crippen LogP contribution in [0.5, 0.6) is 0 Å². The zero-order valence-electron chi connectivity index (χ0n) is 30.3. The van der Waals surface area contributed by atoms with E-state index in [1.165, 1.54) is 77.2 Å². The molecule has 0 amide bonds. The minimum absolute atomic E-state index is 0. The molecule has 44 heavy (non-hydrogen) atoms. The zero-order chi connectivity index (χ0) is 30.6. The van der Waals surface area contributed by atoms with Crippen molar-refractivity contribution in [1.29, 1.82) is 0 Å². The quantitative estimate of drug-likeness (QED) is 0.116. The van der Waals surface area contributed by atoms with E-state index < -0.39 is 0 Å². The van der Waals surface area contributed by atoms with E-state index in [1.54, 1.807) is 5.92 Å². The molecule has 2 radical (unpaired) electrons. The van der Waals surface area contributed by atoms with Crippen molar-refractivity contribution in [2.24, 2.45) is 0 Å². The van der Waals surface area contributed by atoms with Crippen LogP contribution in [0.15, 0.2) is 48.5 Å². The number of carbonyl (C=O) groups excluding carboxylic acids is 2. The minimum atomic E-state index is -0.240. The summed E-state index contributed by atoms with van der Waals surface area (Å²) in [6, 6.07) is 15.8. The van der Waals surface area contributed by atoms with Gasteiger partial charge in [0.25, 0.3) is 0 Å². The molecule has 0 spiro atoms. The van der Waals surface area contributed by atoms with Crippen molar-refractivity contribution >= 4 is 11.9 Å². The van der Waals surface area contributed by atoms with E-state index in [2.05, 4.69) is 41.0 Å². The molecule has 0 unspecified atom stereocenters. The molecule has 0 N–H and O–H groups in total. The first-order valence-electron chi connectivity index (χ1n) is 15.1. The fourth-order valence-electron chi connectivity index (χ4n) is 3.27. The second kappa shape index (κ2) is 40.6. The number of hydrogen-bond acceptors (Lipinski definition) is 4.